The lowest BCUT2D eigenvalue weighted by atomic mass is 9.92. The molecule has 0 unspecified atom stereocenters. The summed E-state index contributed by atoms with van der Waals surface area (Å²) in [5.74, 6) is 0.865. The van der Waals surface area contributed by atoms with Gasteiger partial charge in [-0.3, -0.25) is 10.1 Å². The second-order valence-corrected chi connectivity index (χ2v) is 9.43. The number of furan rings is 1. The predicted octanol–water partition coefficient (Wildman–Crippen LogP) is 3.52. The van der Waals surface area contributed by atoms with Gasteiger partial charge in [0.05, 0.1) is 17.5 Å². The van der Waals surface area contributed by atoms with Crippen molar-refractivity contribution in [2.45, 2.75) is 52.5 Å². The average Bonchev–Trinajstić information content (AvgIpc) is 3.30. The Morgan fingerprint density at radius 1 is 1.03 bits per heavy atom. The van der Waals surface area contributed by atoms with Gasteiger partial charge in [0.25, 0.3) is 5.91 Å². The molecule has 2 aromatic rings. The van der Waals surface area contributed by atoms with Crippen molar-refractivity contribution in [1.82, 2.24) is 19.6 Å². The molecule has 3 amide bonds. The van der Waals surface area contributed by atoms with Crippen molar-refractivity contribution in [2.75, 3.05) is 31.5 Å². The molecular formula is C21H31N5O3. The Balaban J connectivity index is 1.67. The van der Waals surface area contributed by atoms with E-state index in [1.807, 2.05) is 10.7 Å². The third-order valence-electron chi connectivity index (χ3n) is 4.93. The van der Waals surface area contributed by atoms with Crippen LogP contribution in [0.1, 0.15) is 57.8 Å². The molecule has 0 aliphatic carbocycles. The van der Waals surface area contributed by atoms with E-state index >= 15 is 0 Å². The average molecular weight is 402 g/mol. The van der Waals surface area contributed by atoms with E-state index in [2.05, 4.69) is 46.9 Å². The summed E-state index contributed by atoms with van der Waals surface area (Å²) in [6, 6.07) is 5.11. The zero-order valence-corrected chi connectivity index (χ0v) is 18.2. The van der Waals surface area contributed by atoms with Crippen LogP contribution in [0, 0.1) is 0 Å². The van der Waals surface area contributed by atoms with Gasteiger partial charge in [0.1, 0.15) is 5.82 Å². The van der Waals surface area contributed by atoms with E-state index in [1.54, 1.807) is 21.9 Å². The molecule has 1 N–H and O–H groups in total. The lowest BCUT2D eigenvalue weighted by molar-refractivity contribution is 0.0640. The highest BCUT2D eigenvalue weighted by molar-refractivity contribution is 5.92. The highest BCUT2D eigenvalue weighted by Gasteiger charge is 2.29. The summed E-state index contributed by atoms with van der Waals surface area (Å²) < 4.78 is 7.05. The quantitative estimate of drug-likeness (QED) is 0.835. The van der Waals surface area contributed by atoms with Crippen LogP contribution in [-0.2, 0) is 11.0 Å². The van der Waals surface area contributed by atoms with E-state index in [1.165, 1.54) is 6.26 Å². The molecule has 3 rings (SSSR count). The Morgan fingerprint density at radius 2 is 1.66 bits per heavy atom. The summed E-state index contributed by atoms with van der Waals surface area (Å²) in [5.41, 5.74) is 0.547. The fraction of sp³-hybridized carbons (Fsp3) is 0.571. The summed E-state index contributed by atoms with van der Waals surface area (Å²) >= 11 is 0. The minimum atomic E-state index is -0.264. The molecule has 8 heteroatoms. The normalized spacial score (nSPS) is 15.5. The van der Waals surface area contributed by atoms with Crippen LogP contribution in [0.15, 0.2) is 28.9 Å². The molecular weight excluding hydrogens is 370 g/mol. The van der Waals surface area contributed by atoms with Gasteiger partial charge in [-0.25, -0.2) is 9.48 Å². The van der Waals surface area contributed by atoms with E-state index in [0.29, 0.717) is 37.8 Å². The Morgan fingerprint density at radius 3 is 2.17 bits per heavy atom. The maximum Gasteiger partial charge on any atom is 0.323 e. The van der Waals surface area contributed by atoms with Gasteiger partial charge in [0.2, 0.25) is 0 Å². The molecule has 3 heterocycles. The van der Waals surface area contributed by atoms with Crippen molar-refractivity contribution in [2.24, 2.45) is 0 Å². The van der Waals surface area contributed by atoms with Crippen LogP contribution in [0.25, 0.3) is 0 Å². The zero-order chi connectivity index (χ0) is 21.4. The SMILES string of the molecule is CC(C)(C)c1cc(NC(=O)N2CCN(C(=O)c3ccco3)CC2)n(C(C)(C)C)n1. The van der Waals surface area contributed by atoms with Crippen LogP contribution >= 0.6 is 0 Å². The van der Waals surface area contributed by atoms with E-state index in [0.717, 1.165) is 5.69 Å². The number of urea groups is 1. The first-order valence-corrected chi connectivity index (χ1v) is 9.96. The summed E-state index contributed by atoms with van der Waals surface area (Å²) in [5, 5.41) is 7.75. The number of hydrogen-bond donors (Lipinski definition) is 1. The van der Waals surface area contributed by atoms with Gasteiger partial charge in [-0.15, -0.1) is 0 Å². The Kier molecular flexibility index (Phi) is 5.47. The molecule has 0 aromatic carbocycles. The third-order valence-corrected chi connectivity index (χ3v) is 4.93. The predicted molar refractivity (Wildman–Crippen MR) is 111 cm³/mol. The van der Waals surface area contributed by atoms with Gasteiger partial charge >= 0.3 is 6.03 Å². The van der Waals surface area contributed by atoms with Crippen LogP contribution in [0.3, 0.4) is 0 Å². The number of nitrogens with zero attached hydrogens (tertiary/aromatic N) is 4. The number of carbonyl (C=O) groups is 2. The minimum Gasteiger partial charge on any atom is -0.459 e. The molecule has 2 aromatic heterocycles. The summed E-state index contributed by atoms with van der Waals surface area (Å²) in [6.45, 7) is 14.3. The number of amides is 3. The van der Waals surface area contributed by atoms with Crippen LogP contribution < -0.4 is 5.32 Å². The van der Waals surface area contributed by atoms with Crippen molar-refractivity contribution < 1.29 is 14.0 Å². The van der Waals surface area contributed by atoms with E-state index in [4.69, 9.17) is 9.52 Å². The summed E-state index contributed by atoms with van der Waals surface area (Å²) in [4.78, 5) is 28.7. The second-order valence-electron chi connectivity index (χ2n) is 9.43. The lowest BCUT2D eigenvalue weighted by Gasteiger charge is -2.34. The fourth-order valence-corrected chi connectivity index (χ4v) is 3.21. The molecule has 0 saturated carbocycles. The maximum atomic E-state index is 12.9. The zero-order valence-electron chi connectivity index (χ0n) is 18.2. The third kappa shape index (κ3) is 4.63. The molecule has 1 aliphatic heterocycles. The lowest BCUT2D eigenvalue weighted by Crippen LogP contribution is -2.51. The van der Waals surface area contributed by atoms with Crippen LogP contribution in [0.4, 0.5) is 10.6 Å². The highest BCUT2D eigenvalue weighted by atomic mass is 16.3. The second kappa shape index (κ2) is 7.57. The van der Waals surface area contributed by atoms with E-state index in [-0.39, 0.29) is 22.9 Å². The first-order valence-electron chi connectivity index (χ1n) is 9.96. The van der Waals surface area contributed by atoms with Crippen LogP contribution in [0.5, 0.6) is 0 Å². The molecule has 1 saturated heterocycles. The van der Waals surface area contributed by atoms with Crippen LogP contribution in [-0.4, -0.2) is 57.7 Å². The van der Waals surface area contributed by atoms with E-state index in [9.17, 15) is 9.59 Å². The van der Waals surface area contributed by atoms with Gasteiger partial charge in [-0.05, 0) is 32.9 Å². The number of hydrogen-bond acceptors (Lipinski definition) is 4. The van der Waals surface area contributed by atoms with Crippen LogP contribution in [0.2, 0.25) is 0 Å². The number of aromatic nitrogens is 2. The molecule has 0 bridgehead atoms. The van der Waals surface area contributed by atoms with Crippen molar-refractivity contribution in [3.05, 3.63) is 35.9 Å². The Hall–Kier alpha value is -2.77. The Bertz CT molecular complexity index is 863. The molecule has 0 atom stereocenters. The van der Waals surface area contributed by atoms with Crippen molar-refractivity contribution in [1.29, 1.82) is 0 Å². The van der Waals surface area contributed by atoms with Gasteiger partial charge in [-0.2, -0.15) is 5.10 Å². The highest BCUT2D eigenvalue weighted by Crippen LogP contribution is 2.28. The standard InChI is InChI=1S/C21H31N5O3/c1-20(2,3)16-14-17(26(23-16)21(4,5)6)22-19(28)25-11-9-24(10-12-25)18(27)15-8-7-13-29-15/h7-8,13-14H,9-12H2,1-6H3,(H,22,28). The van der Waals surface area contributed by atoms with Crippen molar-refractivity contribution >= 4 is 17.8 Å². The number of rotatable bonds is 2. The molecule has 0 radical (unpaired) electrons. The fourth-order valence-electron chi connectivity index (χ4n) is 3.21. The molecule has 8 nitrogen and oxygen atoms in total. The number of nitrogens with one attached hydrogen (secondary N) is 1. The molecule has 1 aliphatic rings. The monoisotopic (exact) mass is 401 g/mol. The largest absolute Gasteiger partial charge is 0.459 e. The molecule has 1 fully saturated rings. The molecule has 158 valence electrons. The van der Waals surface area contributed by atoms with E-state index < -0.39 is 0 Å². The minimum absolute atomic E-state index is 0.117. The van der Waals surface area contributed by atoms with Gasteiger partial charge in [0, 0.05) is 37.7 Å². The summed E-state index contributed by atoms with van der Waals surface area (Å²) in [6.07, 6.45) is 1.49. The van der Waals surface area contributed by atoms with Crippen molar-refractivity contribution in [3.8, 4) is 0 Å². The van der Waals surface area contributed by atoms with Crippen molar-refractivity contribution in [3.63, 3.8) is 0 Å². The topological polar surface area (TPSA) is 83.6 Å². The van der Waals surface area contributed by atoms with Gasteiger partial charge in [0.15, 0.2) is 5.76 Å². The number of piperazine rings is 1. The smallest absolute Gasteiger partial charge is 0.323 e. The number of anilines is 1. The van der Waals surface area contributed by atoms with Gasteiger partial charge < -0.3 is 14.2 Å². The first-order chi connectivity index (χ1) is 13.5. The summed E-state index contributed by atoms with van der Waals surface area (Å²) in [7, 11) is 0. The first kappa shape index (κ1) is 21.0. The number of carbonyl (C=O) groups excluding carboxylic acids is 2. The maximum absolute atomic E-state index is 12.9. The molecule has 0 spiro atoms. The Labute approximate surface area is 171 Å². The van der Waals surface area contributed by atoms with Gasteiger partial charge in [-0.1, -0.05) is 20.8 Å². The molecule has 29 heavy (non-hydrogen) atoms.